The van der Waals surface area contributed by atoms with Crippen LogP contribution in [-0.2, 0) is 11.2 Å². The van der Waals surface area contributed by atoms with Crippen molar-refractivity contribution in [1.29, 1.82) is 0 Å². The van der Waals surface area contributed by atoms with Crippen LogP contribution in [0.5, 0.6) is 0 Å². The summed E-state index contributed by atoms with van der Waals surface area (Å²) in [6.07, 6.45) is 12.5. The van der Waals surface area contributed by atoms with Gasteiger partial charge in [-0.15, -0.1) is 5.10 Å². The maximum Gasteiger partial charge on any atom is 0.276 e. The molecule has 0 unspecified atom stereocenters. The lowest BCUT2D eigenvalue weighted by Crippen LogP contribution is -2.48. The predicted molar refractivity (Wildman–Crippen MR) is 161 cm³/mol. The zero-order valence-electron chi connectivity index (χ0n) is 23.0. The molecular weight excluding hydrogens is 556 g/mol. The summed E-state index contributed by atoms with van der Waals surface area (Å²) in [5.74, 6) is 0.160. The van der Waals surface area contributed by atoms with Gasteiger partial charge in [0.2, 0.25) is 5.91 Å². The third kappa shape index (κ3) is 6.77. The number of anilines is 3. The van der Waals surface area contributed by atoms with Gasteiger partial charge in [0.15, 0.2) is 11.3 Å². The van der Waals surface area contributed by atoms with Crippen molar-refractivity contribution in [3.8, 4) is 0 Å². The van der Waals surface area contributed by atoms with E-state index in [1.807, 2.05) is 18.2 Å². The molecule has 0 radical (unpaired) electrons. The largest absolute Gasteiger partial charge is 0.379 e. The van der Waals surface area contributed by atoms with Crippen LogP contribution in [0.15, 0.2) is 55.1 Å². The second-order valence-corrected chi connectivity index (χ2v) is 11.3. The molecule has 4 aromatic heterocycles. The van der Waals surface area contributed by atoms with Crippen molar-refractivity contribution in [2.45, 2.75) is 69.1 Å². The molecule has 2 aliphatic rings. The van der Waals surface area contributed by atoms with Crippen molar-refractivity contribution < 1.29 is 9.59 Å². The highest BCUT2D eigenvalue weighted by Gasteiger charge is 2.27. The average Bonchev–Trinajstić information content (AvgIpc) is 3.69. The summed E-state index contributed by atoms with van der Waals surface area (Å²) >= 11 is 5.98. The van der Waals surface area contributed by atoms with E-state index < -0.39 is 6.04 Å². The van der Waals surface area contributed by atoms with Gasteiger partial charge in [0.05, 0.1) is 17.9 Å². The molecule has 2 fully saturated rings. The molecule has 4 aromatic rings. The van der Waals surface area contributed by atoms with Crippen LogP contribution in [0.3, 0.4) is 0 Å². The number of imidazole rings is 1. The lowest BCUT2D eigenvalue weighted by atomic mass is 9.91. The summed E-state index contributed by atoms with van der Waals surface area (Å²) in [4.78, 5) is 38.3. The normalized spacial score (nSPS) is 19.2. The van der Waals surface area contributed by atoms with E-state index in [1.54, 1.807) is 29.0 Å². The number of fused-ring (bicyclic) bond motifs is 1. The molecule has 4 heterocycles. The Kier molecular flexibility index (Phi) is 8.15. The van der Waals surface area contributed by atoms with Gasteiger partial charge in [-0.1, -0.05) is 11.6 Å². The molecule has 218 valence electrons. The van der Waals surface area contributed by atoms with E-state index in [0.29, 0.717) is 35.3 Å². The van der Waals surface area contributed by atoms with Crippen LogP contribution in [0.1, 0.15) is 54.6 Å². The van der Waals surface area contributed by atoms with E-state index in [2.05, 4.69) is 36.2 Å². The Morgan fingerprint density at radius 3 is 2.40 bits per heavy atom. The van der Waals surface area contributed by atoms with Gasteiger partial charge >= 0.3 is 0 Å². The Bertz CT molecular complexity index is 1570. The van der Waals surface area contributed by atoms with Gasteiger partial charge in [0.25, 0.3) is 5.91 Å². The number of carbonyl (C=O) groups is 2. The summed E-state index contributed by atoms with van der Waals surface area (Å²) in [7, 11) is 0. The van der Waals surface area contributed by atoms with Gasteiger partial charge in [-0.25, -0.2) is 14.5 Å². The van der Waals surface area contributed by atoms with Crippen molar-refractivity contribution in [2.75, 3.05) is 16.0 Å². The van der Waals surface area contributed by atoms with Crippen LogP contribution >= 0.6 is 11.6 Å². The van der Waals surface area contributed by atoms with Crippen molar-refractivity contribution in [3.05, 3.63) is 71.5 Å². The Morgan fingerprint density at radius 1 is 0.952 bits per heavy atom. The number of nitrogens with one attached hydrogen (secondary N) is 4. The SMILES string of the molecule is N[C@H](Cc1ccncc1)C(=O)N[C@H]1CC[C@H](Nc2cc(NC3CC3)c3ncc(C(=O)Nc4ccnc(Cl)c4)n3n2)CC1. The molecule has 0 bridgehead atoms. The number of carbonyl (C=O) groups excluding carboxylic acids is 2. The highest BCUT2D eigenvalue weighted by atomic mass is 35.5. The van der Waals surface area contributed by atoms with Crippen LogP contribution in [0.2, 0.25) is 5.15 Å². The Hall–Kier alpha value is -4.29. The Morgan fingerprint density at radius 2 is 1.67 bits per heavy atom. The zero-order valence-corrected chi connectivity index (χ0v) is 23.7. The number of halogens is 1. The Labute approximate surface area is 247 Å². The fourth-order valence-corrected chi connectivity index (χ4v) is 5.36. The summed E-state index contributed by atoms with van der Waals surface area (Å²) in [6.45, 7) is 0. The molecule has 0 aromatic carbocycles. The molecule has 6 rings (SSSR count). The number of rotatable bonds is 10. The molecule has 6 N–H and O–H groups in total. The van der Waals surface area contributed by atoms with Gasteiger partial charge < -0.3 is 27.0 Å². The number of pyridine rings is 2. The minimum atomic E-state index is -0.603. The van der Waals surface area contributed by atoms with Crippen molar-refractivity contribution in [3.63, 3.8) is 0 Å². The summed E-state index contributed by atoms with van der Waals surface area (Å²) in [6, 6.07) is 8.98. The van der Waals surface area contributed by atoms with Crippen LogP contribution in [0.25, 0.3) is 5.65 Å². The van der Waals surface area contributed by atoms with Crippen molar-refractivity contribution in [2.24, 2.45) is 5.73 Å². The van der Waals surface area contributed by atoms with E-state index >= 15 is 0 Å². The topological polar surface area (TPSA) is 164 Å². The molecule has 1 atom stereocenters. The first-order valence-electron chi connectivity index (χ1n) is 14.2. The average molecular weight is 589 g/mol. The number of amides is 2. The third-order valence-corrected chi connectivity index (χ3v) is 7.80. The monoisotopic (exact) mass is 588 g/mol. The maximum absolute atomic E-state index is 13.2. The quantitative estimate of drug-likeness (QED) is 0.175. The van der Waals surface area contributed by atoms with Gasteiger partial charge in [-0.05, 0) is 74.8 Å². The van der Waals surface area contributed by atoms with Gasteiger partial charge in [0, 0.05) is 48.5 Å². The number of hydrogen-bond donors (Lipinski definition) is 5. The van der Waals surface area contributed by atoms with Gasteiger partial charge in [-0.3, -0.25) is 14.6 Å². The first kappa shape index (κ1) is 27.9. The van der Waals surface area contributed by atoms with E-state index in [1.165, 1.54) is 12.4 Å². The van der Waals surface area contributed by atoms with E-state index in [-0.39, 0.29) is 29.1 Å². The number of nitrogens with two attached hydrogens (primary N) is 1. The fraction of sp³-hybridized carbons (Fsp3) is 0.379. The van der Waals surface area contributed by atoms with Gasteiger partial charge in [0.1, 0.15) is 11.0 Å². The highest BCUT2D eigenvalue weighted by molar-refractivity contribution is 6.29. The van der Waals surface area contributed by atoms with Crippen LogP contribution in [-0.4, -0.2) is 60.5 Å². The lowest BCUT2D eigenvalue weighted by molar-refractivity contribution is -0.123. The van der Waals surface area contributed by atoms with E-state index in [0.717, 1.165) is 49.8 Å². The van der Waals surface area contributed by atoms with E-state index in [9.17, 15) is 9.59 Å². The second kappa shape index (κ2) is 12.3. The molecule has 13 heteroatoms. The van der Waals surface area contributed by atoms with Gasteiger partial charge in [-0.2, -0.15) is 0 Å². The summed E-state index contributed by atoms with van der Waals surface area (Å²) < 4.78 is 1.57. The molecule has 0 saturated heterocycles. The molecule has 2 amide bonds. The minimum Gasteiger partial charge on any atom is -0.379 e. The number of nitrogens with zero attached hydrogens (tertiary/aromatic N) is 5. The smallest absolute Gasteiger partial charge is 0.276 e. The third-order valence-electron chi connectivity index (χ3n) is 7.59. The molecule has 42 heavy (non-hydrogen) atoms. The number of aromatic nitrogens is 5. The predicted octanol–water partition coefficient (Wildman–Crippen LogP) is 3.41. The second-order valence-electron chi connectivity index (χ2n) is 10.9. The zero-order chi connectivity index (χ0) is 29.1. The lowest BCUT2D eigenvalue weighted by Gasteiger charge is -2.30. The first-order valence-corrected chi connectivity index (χ1v) is 14.6. The maximum atomic E-state index is 13.2. The van der Waals surface area contributed by atoms with Crippen LogP contribution in [0, 0.1) is 0 Å². The standard InChI is InChI=1S/C29H33ClN10O2/c30-25-14-21(9-12-33-25)38-29(42)24-16-34-27-23(35-18-1-2-18)15-26(39-40(24)27)36-19-3-5-20(6-4-19)37-28(41)22(31)13-17-7-10-32-11-8-17/h7-12,14-16,18-20,22,35H,1-6,13,31H2,(H,36,39)(H,37,41)(H,33,38,42)/t19-,20-,22-/m1/s1. The number of hydrogen-bond acceptors (Lipinski definition) is 9. The summed E-state index contributed by atoms with van der Waals surface area (Å²) in [5, 5.41) is 18.1. The molecule has 2 aliphatic carbocycles. The van der Waals surface area contributed by atoms with Crippen molar-refractivity contribution in [1.82, 2.24) is 29.9 Å². The van der Waals surface area contributed by atoms with E-state index in [4.69, 9.17) is 22.4 Å². The molecule has 0 spiro atoms. The molecular formula is C29H33ClN10O2. The minimum absolute atomic E-state index is 0.0761. The van der Waals surface area contributed by atoms with Crippen LogP contribution in [0.4, 0.5) is 17.2 Å². The Balaban J connectivity index is 1.10. The fourth-order valence-electron chi connectivity index (χ4n) is 5.19. The molecule has 2 saturated carbocycles. The molecule has 12 nitrogen and oxygen atoms in total. The van der Waals surface area contributed by atoms with Crippen LogP contribution < -0.4 is 27.0 Å². The molecule has 0 aliphatic heterocycles. The highest BCUT2D eigenvalue weighted by Crippen LogP contribution is 2.30. The summed E-state index contributed by atoms with van der Waals surface area (Å²) in [5.41, 5.74) is 9.39. The first-order chi connectivity index (χ1) is 20.4. The van der Waals surface area contributed by atoms with Crippen molar-refractivity contribution >= 4 is 46.3 Å².